The largest absolute Gasteiger partial charge is 0.573 e. The summed E-state index contributed by atoms with van der Waals surface area (Å²) in [6, 6.07) is 13.8. The van der Waals surface area contributed by atoms with Gasteiger partial charge in [0.2, 0.25) is 5.82 Å². The molecule has 1 aliphatic rings. The molecule has 0 bridgehead atoms. The van der Waals surface area contributed by atoms with Crippen molar-refractivity contribution in [3.8, 4) is 28.6 Å². The maximum Gasteiger partial charge on any atom is 0.573 e. The minimum atomic E-state index is -4.72. The second-order valence-electron chi connectivity index (χ2n) is 6.81. The van der Waals surface area contributed by atoms with E-state index in [1.165, 1.54) is 49.1 Å². The van der Waals surface area contributed by atoms with Crippen LogP contribution in [0.3, 0.4) is 0 Å². The zero-order valence-corrected chi connectivity index (χ0v) is 16.3. The monoisotopic (exact) mass is 435 g/mol. The number of carbonyl (C=O) groups is 1. The van der Waals surface area contributed by atoms with Crippen molar-refractivity contribution in [3.05, 3.63) is 54.1 Å². The average molecular weight is 435 g/mol. The van der Waals surface area contributed by atoms with E-state index in [9.17, 15) is 13.2 Å². The molecule has 3 aromatic rings. The van der Waals surface area contributed by atoms with Crippen molar-refractivity contribution in [2.45, 2.75) is 38.2 Å². The molecule has 164 valence electrons. The number of nitrogens with zero attached hydrogens (tertiary/aromatic N) is 2. The zero-order valence-electron chi connectivity index (χ0n) is 16.3. The molecule has 2 aromatic carbocycles. The minimum Gasteiger partial charge on any atom is -0.483 e. The van der Waals surface area contributed by atoms with Crippen LogP contribution in [0.15, 0.2) is 53.1 Å². The van der Waals surface area contributed by atoms with Gasteiger partial charge in [-0.05, 0) is 42.7 Å². The lowest BCUT2D eigenvalue weighted by atomic mass is 9.93. The summed E-state index contributed by atoms with van der Waals surface area (Å²) < 4.78 is 45.8. The van der Waals surface area contributed by atoms with Gasteiger partial charge >= 0.3 is 6.36 Å². The molecule has 0 aliphatic heterocycles. The van der Waals surface area contributed by atoms with Gasteiger partial charge in [-0.25, -0.2) is 0 Å². The van der Waals surface area contributed by atoms with Crippen molar-refractivity contribution in [1.82, 2.24) is 15.5 Å². The summed E-state index contributed by atoms with van der Waals surface area (Å²) in [6.07, 6.45) is -0.937. The Hall–Kier alpha value is -3.40. The van der Waals surface area contributed by atoms with Gasteiger partial charge in [0.1, 0.15) is 5.75 Å². The maximum absolute atomic E-state index is 12.2. The number of halogens is 3. The Balaban J connectivity index is 0.000000858. The fourth-order valence-corrected chi connectivity index (χ4v) is 2.90. The molecule has 2 N–H and O–H groups in total. The highest BCUT2D eigenvalue weighted by molar-refractivity contribution is 5.60. The fraction of sp³-hybridized carbons (Fsp3) is 0.286. The van der Waals surface area contributed by atoms with E-state index < -0.39 is 6.36 Å². The van der Waals surface area contributed by atoms with E-state index in [4.69, 9.17) is 14.4 Å². The normalized spacial score (nSPS) is 13.6. The lowest BCUT2D eigenvalue weighted by Crippen LogP contribution is -2.34. The SMILES string of the molecule is FC(F)(F)Oc1ccc(-c2nc(-c3ccc(CNC4CCC4)cc3)no2)cc1.O=CO. The van der Waals surface area contributed by atoms with Gasteiger partial charge in [-0.15, -0.1) is 13.2 Å². The van der Waals surface area contributed by atoms with Gasteiger partial charge in [-0.1, -0.05) is 35.8 Å². The third kappa shape index (κ3) is 6.54. The number of hydrogen-bond donors (Lipinski definition) is 2. The second-order valence-corrected chi connectivity index (χ2v) is 6.81. The lowest BCUT2D eigenvalue weighted by Gasteiger charge is -2.26. The van der Waals surface area contributed by atoms with Crippen LogP contribution in [0, 0.1) is 0 Å². The smallest absolute Gasteiger partial charge is 0.483 e. The van der Waals surface area contributed by atoms with Crippen LogP contribution < -0.4 is 10.1 Å². The summed E-state index contributed by atoms with van der Waals surface area (Å²) in [5.74, 6) is 0.343. The number of alkyl halides is 3. The average Bonchev–Trinajstić information content (AvgIpc) is 3.17. The Kier molecular flexibility index (Phi) is 7.24. The number of hydrogen-bond acceptors (Lipinski definition) is 6. The summed E-state index contributed by atoms with van der Waals surface area (Å²) in [4.78, 5) is 12.7. The minimum absolute atomic E-state index is 0.226. The molecule has 0 amide bonds. The van der Waals surface area contributed by atoms with Crippen molar-refractivity contribution < 1.29 is 32.3 Å². The van der Waals surface area contributed by atoms with E-state index >= 15 is 0 Å². The first-order valence-electron chi connectivity index (χ1n) is 9.48. The molecular weight excluding hydrogens is 415 g/mol. The molecule has 10 heteroatoms. The van der Waals surface area contributed by atoms with Gasteiger partial charge in [0.05, 0.1) is 0 Å². The Morgan fingerprint density at radius 2 is 1.71 bits per heavy atom. The van der Waals surface area contributed by atoms with Gasteiger partial charge < -0.3 is 19.7 Å². The molecule has 1 saturated carbocycles. The van der Waals surface area contributed by atoms with Crippen LogP contribution in [0.4, 0.5) is 13.2 Å². The van der Waals surface area contributed by atoms with E-state index in [1.54, 1.807) is 0 Å². The molecule has 0 radical (unpaired) electrons. The first-order chi connectivity index (χ1) is 14.9. The molecule has 4 rings (SSSR count). The molecular formula is C21H20F3N3O4. The van der Waals surface area contributed by atoms with Crippen LogP contribution in [-0.4, -0.2) is 34.1 Å². The van der Waals surface area contributed by atoms with Gasteiger partial charge in [0.15, 0.2) is 0 Å². The van der Waals surface area contributed by atoms with Crippen LogP contribution >= 0.6 is 0 Å². The second kappa shape index (κ2) is 10.1. The number of aromatic nitrogens is 2. The first kappa shape index (κ1) is 22.3. The maximum atomic E-state index is 12.2. The van der Waals surface area contributed by atoms with Crippen LogP contribution in [0.5, 0.6) is 5.75 Å². The van der Waals surface area contributed by atoms with Crippen LogP contribution in [-0.2, 0) is 11.3 Å². The van der Waals surface area contributed by atoms with Crippen molar-refractivity contribution >= 4 is 6.47 Å². The summed E-state index contributed by atoms with van der Waals surface area (Å²) in [5.41, 5.74) is 2.49. The molecule has 0 spiro atoms. The van der Waals surface area contributed by atoms with Crippen LogP contribution in [0.1, 0.15) is 24.8 Å². The van der Waals surface area contributed by atoms with Gasteiger partial charge in [0, 0.05) is 23.7 Å². The van der Waals surface area contributed by atoms with Gasteiger partial charge in [-0.3, -0.25) is 4.79 Å². The standard InChI is InChI=1S/C20H18F3N3O2.CH2O2/c21-20(22,23)27-17-10-8-15(9-11-17)19-25-18(26-28-19)14-6-4-13(5-7-14)12-24-16-2-1-3-16;2-1-3/h4-11,16,24H,1-3,12H2;1H,(H,2,3). The molecule has 31 heavy (non-hydrogen) atoms. The highest BCUT2D eigenvalue weighted by atomic mass is 19.4. The Bertz CT molecular complexity index is 969. The summed E-state index contributed by atoms with van der Waals surface area (Å²) in [7, 11) is 0. The zero-order chi connectivity index (χ0) is 22.3. The molecule has 1 aromatic heterocycles. The molecule has 0 saturated heterocycles. The molecule has 1 aliphatic carbocycles. The molecule has 1 heterocycles. The predicted octanol–water partition coefficient (Wildman–Crippen LogP) is 4.65. The summed E-state index contributed by atoms with van der Waals surface area (Å²) >= 11 is 0. The molecule has 1 fully saturated rings. The van der Waals surface area contributed by atoms with E-state index in [0.29, 0.717) is 17.4 Å². The highest BCUT2D eigenvalue weighted by Gasteiger charge is 2.31. The molecule has 7 nitrogen and oxygen atoms in total. The Labute approximate surface area is 175 Å². The van der Waals surface area contributed by atoms with E-state index in [2.05, 4.69) is 20.2 Å². The molecule has 0 atom stereocenters. The molecule has 0 unspecified atom stereocenters. The Morgan fingerprint density at radius 3 is 2.26 bits per heavy atom. The van der Waals surface area contributed by atoms with Crippen LogP contribution in [0.25, 0.3) is 22.8 Å². The lowest BCUT2D eigenvalue weighted by molar-refractivity contribution is -0.274. The van der Waals surface area contributed by atoms with E-state index in [0.717, 1.165) is 12.1 Å². The van der Waals surface area contributed by atoms with Crippen LogP contribution in [0.2, 0.25) is 0 Å². The van der Waals surface area contributed by atoms with Crippen molar-refractivity contribution in [2.24, 2.45) is 0 Å². The third-order valence-corrected chi connectivity index (χ3v) is 4.67. The predicted molar refractivity (Wildman–Crippen MR) is 105 cm³/mol. The highest BCUT2D eigenvalue weighted by Crippen LogP contribution is 2.27. The summed E-state index contributed by atoms with van der Waals surface area (Å²) in [6.45, 7) is 0.578. The topological polar surface area (TPSA) is 97.5 Å². The third-order valence-electron chi connectivity index (χ3n) is 4.67. The number of nitrogens with one attached hydrogen (secondary N) is 1. The number of benzene rings is 2. The van der Waals surface area contributed by atoms with E-state index in [-0.39, 0.29) is 18.1 Å². The van der Waals surface area contributed by atoms with Crippen molar-refractivity contribution in [3.63, 3.8) is 0 Å². The fourth-order valence-electron chi connectivity index (χ4n) is 2.90. The number of ether oxygens (including phenoxy) is 1. The first-order valence-corrected chi connectivity index (χ1v) is 9.48. The van der Waals surface area contributed by atoms with Gasteiger partial charge in [0.25, 0.3) is 12.4 Å². The summed E-state index contributed by atoms with van der Waals surface area (Å²) in [5, 5.41) is 14.4. The Morgan fingerprint density at radius 1 is 1.10 bits per heavy atom. The van der Waals surface area contributed by atoms with Gasteiger partial charge in [-0.2, -0.15) is 4.98 Å². The number of rotatable bonds is 6. The van der Waals surface area contributed by atoms with Crippen molar-refractivity contribution in [1.29, 1.82) is 0 Å². The quantitative estimate of drug-likeness (QED) is 0.544. The van der Waals surface area contributed by atoms with E-state index in [1.807, 2.05) is 24.3 Å². The number of carboxylic acid groups (broad SMARTS) is 1. The van der Waals surface area contributed by atoms with Crippen molar-refractivity contribution in [2.75, 3.05) is 0 Å².